The van der Waals surface area contributed by atoms with Gasteiger partial charge < -0.3 is 10.2 Å². The molecular formula is C18H26N2O. The van der Waals surface area contributed by atoms with Crippen molar-refractivity contribution in [2.45, 2.75) is 45.6 Å². The largest absolute Gasteiger partial charge is 0.339 e. The summed E-state index contributed by atoms with van der Waals surface area (Å²) in [5.74, 6) is 1.14. The molecule has 2 fully saturated rings. The number of nitrogens with one attached hydrogen (secondary N) is 1. The van der Waals surface area contributed by atoms with Crippen LogP contribution in [0.4, 0.5) is 0 Å². The second kappa shape index (κ2) is 6.18. The third-order valence-corrected chi connectivity index (χ3v) is 5.01. The first-order chi connectivity index (χ1) is 10.1. The number of aryl methyl sites for hydroxylation is 1. The molecule has 1 amide bonds. The second-order valence-electron chi connectivity index (χ2n) is 6.67. The third kappa shape index (κ3) is 3.46. The fraction of sp³-hybridized carbons (Fsp3) is 0.611. The van der Waals surface area contributed by atoms with E-state index in [9.17, 15) is 4.79 Å². The van der Waals surface area contributed by atoms with E-state index in [1.807, 2.05) is 24.0 Å². The van der Waals surface area contributed by atoms with Gasteiger partial charge in [-0.15, -0.1) is 0 Å². The first-order valence-corrected chi connectivity index (χ1v) is 8.24. The van der Waals surface area contributed by atoms with Crippen LogP contribution in [0.3, 0.4) is 0 Å². The summed E-state index contributed by atoms with van der Waals surface area (Å²) in [6, 6.07) is 6.62. The number of rotatable bonds is 4. The van der Waals surface area contributed by atoms with Gasteiger partial charge in [-0.05, 0) is 69.2 Å². The van der Waals surface area contributed by atoms with E-state index in [4.69, 9.17) is 0 Å². The Bertz CT molecular complexity index is 514. The number of amides is 1. The van der Waals surface area contributed by atoms with Crippen molar-refractivity contribution in [3.05, 3.63) is 34.9 Å². The van der Waals surface area contributed by atoms with Crippen molar-refractivity contribution in [2.75, 3.05) is 19.6 Å². The van der Waals surface area contributed by atoms with Crippen LogP contribution in [-0.4, -0.2) is 36.5 Å². The lowest BCUT2D eigenvalue weighted by Crippen LogP contribution is -2.45. The lowest BCUT2D eigenvalue weighted by molar-refractivity contribution is 0.0704. The predicted molar refractivity (Wildman–Crippen MR) is 85.6 cm³/mol. The van der Waals surface area contributed by atoms with E-state index in [-0.39, 0.29) is 5.91 Å². The maximum Gasteiger partial charge on any atom is 0.254 e. The summed E-state index contributed by atoms with van der Waals surface area (Å²) in [6.45, 7) is 7.06. The summed E-state index contributed by atoms with van der Waals surface area (Å²) in [5, 5.41) is 3.67. The lowest BCUT2D eigenvalue weighted by Gasteiger charge is -2.33. The fourth-order valence-electron chi connectivity index (χ4n) is 3.10. The zero-order chi connectivity index (χ0) is 14.8. The number of nitrogens with zero attached hydrogens (tertiary/aromatic N) is 1. The van der Waals surface area contributed by atoms with Gasteiger partial charge in [0.15, 0.2) is 0 Å². The van der Waals surface area contributed by atoms with E-state index in [0.717, 1.165) is 43.0 Å². The SMILES string of the molecule is Cc1cccc(C(=O)N2CCC(NCC3CC3)CC2)c1C. The van der Waals surface area contributed by atoms with Gasteiger partial charge >= 0.3 is 0 Å². The standard InChI is InChI=1S/C18H26N2O/c1-13-4-3-5-17(14(13)2)18(21)20-10-8-16(9-11-20)19-12-15-6-7-15/h3-5,15-16,19H,6-12H2,1-2H3. The molecule has 1 N–H and O–H groups in total. The maximum absolute atomic E-state index is 12.7. The third-order valence-electron chi connectivity index (χ3n) is 5.01. The van der Waals surface area contributed by atoms with Gasteiger partial charge in [0.25, 0.3) is 5.91 Å². The normalized spacial score (nSPS) is 19.8. The van der Waals surface area contributed by atoms with E-state index in [1.165, 1.54) is 24.9 Å². The Balaban J connectivity index is 1.55. The van der Waals surface area contributed by atoms with Crippen LogP contribution >= 0.6 is 0 Å². The molecule has 3 nitrogen and oxygen atoms in total. The molecule has 0 radical (unpaired) electrons. The Kier molecular flexibility index (Phi) is 4.29. The Labute approximate surface area is 127 Å². The molecule has 21 heavy (non-hydrogen) atoms. The molecule has 0 bridgehead atoms. The highest BCUT2D eigenvalue weighted by Crippen LogP contribution is 2.28. The number of benzene rings is 1. The van der Waals surface area contributed by atoms with Gasteiger partial charge in [0.1, 0.15) is 0 Å². The molecular weight excluding hydrogens is 260 g/mol. The minimum Gasteiger partial charge on any atom is -0.339 e. The van der Waals surface area contributed by atoms with Crippen molar-refractivity contribution in [2.24, 2.45) is 5.92 Å². The summed E-state index contributed by atoms with van der Waals surface area (Å²) in [5.41, 5.74) is 3.19. The molecule has 1 aromatic carbocycles. The Hall–Kier alpha value is -1.35. The lowest BCUT2D eigenvalue weighted by atomic mass is 10.00. The molecule has 1 aromatic rings. The van der Waals surface area contributed by atoms with Crippen molar-refractivity contribution in [3.8, 4) is 0 Å². The second-order valence-corrected chi connectivity index (χ2v) is 6.67. The first-order valence-electron chi connectivity index (χ1n) is 8.24. The van der Waals surface area contributed by atoms with Crippen LogP contribution in [0, 0.1) is 19.8 Å². The highest BCUT2D eigenvalue weighted by atomic mass is 16.2. The molecule has 114 valence electrons. The van der Waals surface area contributed by atoms with Crippen molar-refractivity contribution in [1.29, 1.82) is 0 Å². The highest BCUT2D eigenvalue weighted by Gasteiger charge is 2.26. The number of carbonyl (C=O) groups excluding carboxylic acids is 1. The molecule has 0 unspecified atom stereocenters. The predicted octanol–water partition coefficient (Wildman–Crippen LogP) is 2.91. The van der Waals surface area contributed by atoms with Gasteiger partial charge in [0.2, 0.25) is 0 Å². The van der Waals surface area contributed by atoms with E-state index in [0.29, 0.717) is 6.04 Å². The number of piperidine rings is 1. The molecule has 0 atom stereocenters. The van der Waals surface area contributed by atoms with Gasteiger partial charge in [-0.1, -0.05) is 12.1 Å². The van der Waals surface area contributed by atoms with Gasteiger partial charge in [0, 0.05) is 24.7 Å². The number of hydrogen-bond donors (Lipinski definition) is 1. The van der Waals surface area contributed by atoms with Crippen molar-refractivity contribution in [1.82, 2.24) is 10.2 Å². The molecule has 1 saturated heterocycles. The summed E-state index contributed by atoms with van der Waals surface area (Å²) in [6.07, 6.45) is 4.97. The van der Waals surface area contributed by atoms with Crippen LogP contribution in [0.2, 0.25) is 0 Å². The number of hydrogen-bond acceptors (Lipinski definition) is 2. The zero-order valence-electron chi connectivity index (χ0n) is 13.2. The Morgan fingerprint density at radius 3 is 2.57 bits per heavy atom. The molecule has 2 aliphatic rings. The van der Waals surface area contributed by atoms with Crippen LogP contribution in [0.1, 0.15) is 47.2 Å². The van der Waals surface area contributed by atoms with Gasteiger partial charge in [-0.2, -0.15) is 0 Å². The monoisotopic (exact) mass is 286 g/mol. The van der Waals surface area contributed by atoms with Crippen molar-refractivity contribution >= 4 is 5.91 Å². The summed E-state index contributed by atoms with van der Waals surface area (Å²) < 4.78 is 0. The molecule has 0 spiro atoms. The van der Waals surface area contributed by atoms with Gasteiger partial charge in [-0.25, -0.2) is 0 Å². The molecule has 3 rings (SSSR count). The van der Waals surface area contributed by atoms with Gasteiger partial charge in [-0.3, -0.25) is 4.79 Å². The van der Waals surface area contributed by atoms with Crippen LogP contribution < -0.4 is 5.32 Å². The average Bonchev–Trinajstić information content (AvgIpc) is 3.32. The Morgan fingerprint density at radius 2 is 1.90 bits per heavy atom. The maximum atomic E-state index is 12.7. The van der Waals surface area contributed by atoms with Crippen LogP contribution in [-0.2, 0) is 0 Å². The highest BCUT2D eigenvalue weighted by molar-refractivity contribution is 5.96. The van der Waals surface area contributed by atoms with E-state index in [2.05, 4.69) is 18.3 Å². The molecule has 1 saturated carbocycles. The first kappa shape index (κ1) is 14.6. The topological polar surface area (TPSA) is 32.3 Å². The molecule has 1 aliphatic heterocycles. The van der Waals surface area contributed by atoms with Crippen LogP contribution in [0.5, 0.6) is 0 Å². The van der Waals surface area contributed by atoms with Crippen molar-refractivity contribution in [3.63, 3.8) is 0 Å². The fourth-order valence-corrected chi connectivity index (χ4v) is 3.10. The number of likely N-dealkylation sites (tertiary alicyclic amines) is 1. The smallest absolute Gasteiger partial charge is 0.254 e. The minimum absolute atomic E-state index is 0.205. The summed E-state index contributed by atoms with van der Waals surface area (Å²) in [4.78, 5) is 14.7. The van der Waals surface area contributed by atoms with E-state index < -0.39 is 0 Å². The van der Waals surface area contributed by atoms with E-state index >= 15 is 0 Å². The van der Waals surface area contributed by atoms with E-state index in [1.54, 1.807) is 0 Å². The van der Waals surface area contributed by atoms with Crippen molar-refractivity contribution < 1.29 is 4.79 Å². The summed E-state index contributed by atoms with van der Waals surface area (Å²) >= 11 is 0. The number of carbonyl (C=O) groups is 1. The average molecular weight is 286 g/mol. The molecule has 1 heterocycles. The molecule has 0 aromatic heterocycles. The Morgan fingerprint density at radius 1 is 1.19 bits per heavy atom. The van der Waals surface area contributed by atoms with Crippen LogP contribution in [0.15, 0.2) is 18.2 Å². The quantitative estimate of drug-likeness (QED) is 0.923. The minimum atomic E-state index is 0.205. The molecule has 1 aliphatic carbocycles. The van der Waals surface area contributed by atoms with Gasteiger partial charge in [0.05, 0.1) is 0 Å². The zero-order valence-corrected chi connectivity index (χ0v) is 13.2. The summed E-state index contributed by atoms with van der Waals surface area (Å²) in [7, 11) is 0. The molecule has 3 heteroatoms. The van der Waals surface area contributed by atoms with Crippen LogP contribution in [0.25, 0.3) is 0 Å².